The molecule has 0 spiro atoms. The molecule has 0 saturated heterocycles. The Morgan fingerprint density at radius 3 is 2.56 bits per heavy atom. The van der Waals surface area contributed by atoms with Crippen molar-refractivity contribution in [3.8, 4) is 11.3 Å². The van der Waals surface area contributed by atoms with Crippen molar-refractivity contribution in [2.75, 3.05) is 5.73 Å². The van der Waals surface area contributed by atoms with Crippen LogP contribution in [0.2, 0.25) is 0 Å². The monoisotopic (exact) mass is 258 g/mol. The number of anilines is 1. The number of nitrogens with two attached hydrogens (primary N) is 1. The first-order chi connectivity index (χ1) is 8.66. The molecule has 0 aliphatic carbocycles. The number of benzene rings is 1. The molecule has 2 heterocycles. The van der Waals surface area contributed by atoms with Crippen LogP contribution in [0.1, 0.15) is 25.3 Å². The maximum absolute atomic E-state index is 5.83. The van der Waals surface area contributed by atoms with E-state index in [4.69, 9.17) is 5.73 Å². The lowest BCUT2D eigenvalue weighted by molar-refractivity contribution is 0.867. The smallest absolute Gasteiger partial charge is 0.227 e. The highest BCUT2D eigenvalue weighted by molar-refractivity contribution is 7.15. The van der Waals surface area contributed by atoms with Crippen LogP contribution >= 0.6 is 11.3 Å². The fraction of sp³-hybridized carbons (Fsp3) is 0.231. The van der Waals surface area contributed by atoms with Crippen LogP contribution in [-0.4, -0.2) is 14.6 Å². The summed E-state index contributed by atoms with van der Waals surface area (Å²) in [6, 6.07) is 8.56. The number of nitrogen functional groups attached to an aromatic ring is 1. The third-order valence-corrected chi connectivity index (χ3v) is 3.86. The van der Waals surface area contributed by atoms with Gasteiger partial charge in [-0.2, -0.15) is 0 Å². The lowest BCUT2D eigenvalue weighted by Crippen LogP contribution is -1.95. The Morgan fingerprint density at radius 1 is 1.17 bits per heavy atom. The van der Waals surface area contributed by atoms with Crippen molar-refractivity contribution in [2.45, 2.75) is 19.8 Å². The Labute approximate surface area is 109 Å². The zero-order valence-corrected chi connectivity index (χ0v) is 11.1. The van der Waals surface area contributed by atoms with E-state index in [0.717, 1.165) is 16.2 Å². The number of aromatic nitrogens is 3. The molecule has 4 nitrogen and oxygen atoms in total. The molecule has 2 aromatic heterocycles. The highest BCUT2D eigenvalue weighted by Crippen LogP contribution is 2.28. The van der Waals surface area contributed by atoms with Crippen molar-refractivity contribution < 1.29 is 0 Å². The van der Waals surface area contributed by atoms with Gasteiger partial charge < -0.3 is 5.73 Å². The van der Waals surface area contributed by atoms with Crippen molar-refractivity contribution in [3.05, 3.63) is 35.2 Å². The Kier molecular flexibility index (Phi) is 2.56. The second kappa shape index (κ2) is 4.10. The molecule has 0 saturated carbocycles. The fourth-order valence-corrected chi connectivity index (χ4v) is 2.83. The summed E-state index contributed by atoms with van der Waals surface area (Å²) < 4.78 is 1.88. The molecule has 0 aliphatic rings. The molecule has 2 N–H and O–H groups in total. The van der Waals surface area contributed by atoms with E-state index in [0.29, 0.717) is 11.9 Å². The minimum atomic E-state index is 0.439. The van der Waals surface area contributed by atoms with Crippen molar-refractivity contribution in [1.82, 2.24) is 14.6 Å². The summed E-state index contributed by atoms with van der Waals surface area (Å²) in [7, 11) is 0. The molecule has 0 unspecified atom stereocenters. The maximum atomic E-state index is 5.83. The molecular weight excluding hydrogens is 244 g/mol. The van der Waals surface area contributed by atoms with Crippen LogP contribution < -0.4 is 5.73 Å². The van der Waals surface area contributed by atoms with Gasteiger partial charge in [0.2, 0.25) is 10.9 Å². The Hall–Kier alpha value is -1.88. The summed E-state index contributed by atoms with van der Waals surface area (Å²) >= 11 is 1.55. The maximum Gasteiger partial charge on any atom is 0.227 e. The van der Waals surface area contributed by atoms with Crippen molar-refractivity contribution in [2.24, 2.45) is 0 Å². The van der Waals surface area contributed by atoms with E-state index in [1.165, 1.54) is 5.56 Å². The predicted octanol–water partition coefficient (Wildman–Crippen LogP) is 3.16. The average molecular weight is 258 g/mol. The van der Waals surface area contributed by atoms with Gasteiger partial charge in [0.25, 0.3) is 0 Å². The van der Waals surface area contributed by atoms with Crippen LogP contribution in [0, 0.1) is 0 Å². The number of nitrogens with zero attached hydrogens (tertiary/aromatic N) is 3. The minimum Gasteiger partial charge on any atom is -0.368 e. The van der Waals surface area contributed by atoms with Gasteiger partial charge in [-0.05, 0) is 17.0 Å². The van der Waals surface area contributed by atoms with Crippen LogP contribution in [-0.2, 0) is 0 Å². The third kappa shape index (κ3) is 1.67. The van der Waals surface area contributed by atoms with Gasteiger partial charge >= 0.3 is 0 Å². The summed E-state index contributed by atoms with van der Waals surface area (Å²) in [5.41, 5.74) is 9.35. The third-order valence-electron chi connectivity index (χ3n) is 3.05. The molecule has 3 rings (SSSR count). The van der Waals surface area contributed by atoms with Crippen molar-refractivity contribution in [1.29, 1.82) is 0 Å². The van der Waals surface area contributed by atoms with Crippen LogP contribution in [0.4, 0.5) is 5.95 Å². The molecular formula is C13H14N4S. The average Bonchev–Trinajstić information content (AvgIpc) is 2.93. The quantitative estimate of drug-likeness (QED) is 0.768. The summed E-state index contributed by atoms with van der Waals surface area (Å²) in [5, 5.41) is 9.97. The van der Waals surface area contributed by atoms with Gasteiger partial charge in [-0.15, -0.1) is 21.5 Å². The number of hydrogen-bond acceptors (Lipinski definition) is 4. The predicted molar refractivity (Wildman–Crippen MR) is 74.8 cm³/mol. The molecule has 0 atom stereocenters. The standard InChI is InChI=1S/C13H14N4S/c1-8(2)9-3-5-10(6-4-9)11-7-18-13-16-15-12(14)17(11)13/h3-8H,1-2H3,(H2,14,15). The summed E-state index contributed by atoms with van der Waals surface area (Å²) in [4.78, 5) is 0.829. The highest BCUT2D eigenvalue weighted by atomic mass is 32.1. The van der Waals surface area contributed by atoms with Crippen molar-refractivity contribution >= 4 is 22.2 Å². The normalized spacial score (nSPS) is 11.5. The number of rotatable bonds is 2. The van der Waals surface area contributed by atoms with E-state index < -0.39 is 0 Å². The summed E-state index contributed by atoms with van der Waals surface area (Å²) in [5.74, 6) is 0.982. The van der Waals surface area contributed by atoms with E-state index in [1.807, 2.05) is 4.40 Å². The van der Waals surface area contributed by atoms with Gasteiger partial charge in [-0.3, -0.25) is 4.40 Å². The Balaban J connectivity index is 2.11. The lowest BCUT2D eigenvalue weighted by Gasteiger charge is -2.06. The van der Waals surface area contributed by atoms with Gasteiger partial charge in [0, 0.05) is 5.38 Å². The molecule has 0 amide bonds. The van der Waals surface area contributed by atoms with Gasteiger partial charge in [-0.1, -0.05) is 38.1 Å². The molecule has 0 bridgehead atoms. The molecule has 18 heavy (non-hydrogen) atoms. The molecule has 0 fully saturated rings. The van der Waals surface area contributed by atoms with E-state index in [1.54, 1.807) is 11.3 Å². The molecule has 3 aromatic rings. The van der Waals surface area contributed by atoms with Crippen LogP contribution in [0.5, 0.6) is 0 Å². The first kappa shape index (κ1) is 11.2. The number of hydrogen-bond donors (Lipinski definition) is 1. The van der Waals surface area contributed by atoms with Gasteiger partial charge in [0.1, 0.15) is 0 Å². The van der Waals surface area contributed by atoms with Gasteiger partial charge in [-0.25, -0.2) is 0 Å². The minimum absolute atomic E-state index is 0.439. The van der Waals surface area contributed by atoms with Crippen LogP contribution in [0.25, 0.3) is 16.2 Å². The largest absolute Gasteiger partial charge is 0.368 e. The second-order valence-electron chi connectivity index (χ2n) is 4.57. The molecule has 0 radical (unpaired) electrons. The van der Waals surface area contributed by atoms with E-state index in [9.17, 15) is 0 Å². The molecule has 5 heteroatoms. The van der Waals surface area contributed by atoms with Gasteiger partial charge in [0.05, 0.1) is 5.69 Å². The summed E-state index contributed by atoms with van der Waals surface area (Å²) in [6.45, 7) is 4.38. The zero-order valence-electron chi connectivity index (χ0n) is 10.3. The van der Waals surface area contributed by atoms with E-state index >= 15 is 0 Å². The highest BCUT2D eigenvalue weighted by Gasteiger charge is 2.11. The first-order valence-corrected chi connectivity index (χ1v) is 6.73. The Morgan fingerprint density at radius 2 is 1.89 bits per heavy atom. The second-order valence-corrected chi connectivity index (χ2v) is 5.41. The molecule has 1 aromatic carbocycles. The fourth-order valence-electron chi connectivity index (χ4n) is 1.98. The molecule has 0 aliphatic heterocycles. The molecule has 92 valence electrons. The van der Waals surface area contributed by atoms with E-state index in [2.05, 4.69) is 53.7 Å². The van der Waals surface area contributed by atoms with Crippen molar-refractivity contribution in [3.63, 3.8) is 0 Å². The Bertz CT molecular complexity index is 679. The first-order valence-electron chi connectivity index (χ1n) is 5.85. The topological polar surface area (TPSA) is 56.2 Å². The zero-order chi connectivity index (χ0) is 12.7. The lowest BCUT2D eigenvalue weighted by atomic mass is 10.0. The van der Waals surface area contributed by atoms with Gasteiger partial charge in [0.15, 0.2) is 0 Å². The van der Waals surface area contributed by atoms with Crippen LogP contribution in [0.15, 0.2) is 29.6 Å². The number of fused-ring (bicyclic) bond motifs is 1. The van der Waals surface area contributed by atoms with Crippen LogP contribution in [0.3, 0.4) is 0 Å². The van der Waals surface area contributed by atoms with E-state index in [-0.39, 0.29) is 0 Å². The number of thiazole rings is 1. The summed E-state index contributed by atoms with van der Waals surface area (Å²) in [6.07, 6.45) is 0. The SMILES string of the molecule is CC(C)c1ccc(-c2csc3nnc(N)n23)cc1.